The normalized spacial score (nSPS) is 19.4. The second-order valence-electron chi connectivity index (χ2n) is 4.94. The maximum absolute atomic E-state index is 13.3. The lowest BCUT2D eigenvalue weighted by Crippen LogP contribution is -2.30. The predicted octanol–water partition coefficient (Wildman–Crippen LogP) is 1.93. The van der Waals surface area contributed by atoms with E-state index in [1.165, 1.54) is 6.07 Å². The molecule has 1 fully saturated rings. The van der Waals surface area contributed by atoms with Crippen molar-refractivity contribution >= 4 is 6.03 Å². The van der Waals surface area contributed by atoms with Crippen LogP contribution in [0, 0.1) is 12.7 Å². The van der Waals surface area contributed by atoms with Gasteiger partial charge in [-0.05, 0) is 30.5 Å². The number of rotatable bonds is 4. The van der Waals surface area contributed by atoms with Crippen LogP contribution in [0.3, 0.4) is 0 Å². The lowest BCUT2D eigenvalue weighted by Gasteiger charge is -2.18. The van der Waals surface area contributed by atoms with E-state index in [-0.39, 0.29) is 24.5 Å². The molecule has 0 aromatic heterocycles. The van der Waals surface area contributed by atoms with Crippen LogP contribution in [0.15, 0.2) is 18.2 Å². The van der Waals surface area contributed by atoms with Crippen molar-refractivity contribution in [3.63, 3.8) is 0 Å². The van der Waals surface area contributed by atoms with E-state index in [0.29, 0.717) is 25.1 Å². The lowest BCUT2D eigenvalue weighted by atomic mass is 10.0. The summed E-state index contributed by atoms with van der Waals surface area (Å²) in [6.45, 7) is 2.93. The van der Waals surface area contributed by atoms with Crippen molar-refractivity contribution in [3.8, 4) is 0 Å². The molecule has 1 heterocycles. The molecule has 2 amide bonds. The molecule has 1 atom stereocenters. The largest absolute Gasteiger partial charge is 0.396 e. The molecule has 4 nitrogen and oxygen atoms in total. The highest BCUT2D eigenvalue weighted by molar-refractivity contribution is 5.77. The summed E-state index contributed by atoms with van der Waals surface area (Å²) >= 11 is 0. The zero-order chi connectivity index (χ0) is 14.0. The molecule has 0 bridgehead atoms. The van der Waals surface area contributed by atoms with Crippen molar-refractivity contribution in [2.45, 2.75) is 19.4 Å². The highest BCUT2D eigenvalue weighted by atomic mass is 19.1. The van der Waals surface area contributed by atoms with Gasteiger partial charge in [-0.25, -0.2) is 9.18 Å². The molecule has 0 radical (unpaired) electrons. The van der Waals surface area contributed by atoms with Crippen LogP contribution in [0.5, 0.6) is 0 Å². The Bertz CT molecular complexity index is 479. The van der Waals surface area contributed by atoms with Crippen molar-refractivity contribution in [2.75, 3.05) is 26.7 Å². The van der Waals surface area contributed by atoms with Crippen LogP contribution < -0.4 is 0 Å². The fourth-order valence-corrected chi connectivity index (χ4v) is 2.42. The van der Waals surface area contributed by atoms with Crippen molar-refractivity contribution < 1.29 is 14.3 Å². The van der Waals surface area contributed by atoms with E-state index in [1.54, 1.807) is 35.9 Å². The molecule has 0 spiro atoms. The Morgan fingerprint density at radius 3 is 2.84 bits per heavy atom. The number of aryl methyl sites for hydroxylation is 1. The van der Waals surface area contributed by atoms with Crippen LogP contribution in [0.4, 0.5) is 9.18 Å². The fraction of sp³-hybridized carbons (Fsp3) is 0.500. The SMILES string of the molecule is Cc1cc(C2CN(CCCO)C(=O)N2C)ccc1F. The van der Waals surface area contributed by atoms with Gasteiger partial charge in [-0.1, -0.05) is 12.1 Å². The lowest BCUT2D eigenvalue weighted by molar-refractivity contribution is 0.191. The minimum Gasteiger partial charge on any atom is -0.396 e. The Morgan fingerprint density at radius 1 is 1.47 bits per heavy atom. The Labute approximate surface area is 112 Å². The van der Waals surface area contributed by atoms with Crippen molar-refractivity contribution in [3.05, 3.63) is 35.1 Å². The maximum Gasteiger partial charge on any atom is 0.320 e. The first-order valence-electron chi connectivity index (χ1n) is 6.43. The van der Waals surface area contributed by atoms with Crippen LogP contribution in [-0.4, -0.2) is 47.7 Å². The standard InChI is InChI=1S/C14H19FN2O2/c1-10-8-11(4-5-12(10)15)13-9-17(6-3-7-18)14(19)16(13)2/h4-5,8,13,18H,3,6-7,9H2,1-2H3. The number of carbonyl (C=O) groups excluding carboxylic acids is 1. The minimum absolute atomic E-state index is 0.0413. The van der Waals surface area contributed by atoms with E-state index in [0.717, 1.165) is 5.56 Å². The summed E-state index contributed by atoms with van der Waals surface area (Å²) in [6.07, 6.45) is 0.578. The molecule has 1 unspecified atom stereocenters. The zero-order valence-corrected chi connectivity index (χ0v) is 11.3. The summed E-state index contributed by atoms with van der Waals surface area (Å²) < 4.78 is 13.3. The van der Waals surface area contributed by atoms with Crippen LogP contribution in [0.2, 0.25) is 0 Å². The number of hydrogen-bond acceptors (Lipinski definition) is 2. The first-order chi connectivity index (χ1) is 9.04. The third-order valence-corrected chi connectivity index (χ3v) is 3.59. The van der Waals surface area contributed by atoms with Crippen molar-refractivity contribution in [1.82, 2.24) is 9.80 Å². The summed E-state index contributed by atoms with van der Waals surface area (Å²) in [5.74, 6) is -0.229. The third-order valence-electron chi connectivity index (χ3n) is 3.59. The second kappa shape index (κ2) is 5.57. The van der Waals surface area contributed by atoms with Gasteiger partial charge in [0, 0.05) is 26.7 Å². The smallest absolute Gasteiger partial charge is 0.320 e. The van der Waals surface area contributed by atoms with Crippen LogP contribution in [0.25, 0.3) is 0 Å². The van der Waals surface area contributed by atoms with Crippen molar-refractivity contribution in [2.24, 2.45) is 0 Å². The molecule has 0 saturated carbocycles. The van der Waals surface area contributed by atoms with Gasteiger partial charge in [0.15, 0.2) is 0 Å². The number of hydrogen-bond donors (Lipinski definition) is 1. The molecular weight excluding hydrogens is 247 g/mol. The zero-order valence-electron chi connectivity index (χ0n) is 11.3. The molecule has 0 aliphatic carbocycles. The second-order valence-corrected chi connectivity index (χ2v) is 4.94. The summed E-state index contributed by atoms with van der Waals surface area (Å²) in [5.41, 5.74) is 1.54. The van der Waals surface area contributed by atoms with E-state index < -0.39 is 0 Å². The number of likely N-dealkylation sites (N-methyl/N-ethyl adjacent to an activating group) is 1. The molecule has 5 heteroatoms. The Balaban J connectivity index is 2.16. The summed E-state index contributed by atoms with van der Waals surface area (Å²) in [5, 5.41) is 8.84. The molecule has 1 aromatic rings. The van der Waals surface area contributed by atoms with Gasteiger partial charge in [0.2, 0.25) is 0 Å². The number of urea groups is 1. The molecule has 1 saturated heterocycles. The van der Waals surface area contributed by atoms with E-state index in [2.05, 4.69) is 0 Å². The Hall–Kier alpha value is -1.62. The molecule has 1 aromatic carbocycles. The molecule has 104 valence electrons. The predicted molar refractivity (Wildman–Crippen MR) is 70.3 cm³/mol. The average Bonchev–Trinajstić information content (AvgIpc) is 2.67. The highest BCUT2D eigenvalue weighted by Crippen LogP contribution is 2.29. The number of nitrogens with zero attached hydrogens (tertiary/aromatic N) is 2. The van der Waals surface area contributed by atoms with Crippen LogP contribution >= 0.6 is 0 Å². The van der Waals surface area contributed by atoms with E-state index in [4.69, 9.17) is 5.11 Å². The quantitative estimate of drug-likeness (QED) is 0.905. The molecular formula is C14H19FN2O2. The van der Waals surface area contributed by atoms with Crippen LogP contribution in [-0.2, 0) is 0 Å². The number of amides is 2. The van der Waals surface area contributed by atoms with Gasteiger partial charge >= 0.3 is 6.03 Å². The van der Waals surface area contributed by atoms with Gasteiger partial charge in [-0.15, -0.1) is 0 Å². The Morgan fingerprint density at radius 2 is 2.21 bits per heavy atom. The van der Waals surface area contributed by atoms with E-state index in [1.807, 2.05) is 0 Å². The van der Waals surface area contributed by atoms with Crippen molar-refractivity contribution in [1.29, 1.82) is 0 Å². The highest BCUT2D eigenvalue weighted by Gasteiger charge is 2.35. The van der Waals surface area contributed by atoms with Gasteiger partial charge in [-0.3, -0.25) is 0 Å². The van der Waals surface area contributed by atoms with Gasteiger partial charge in [0.1, 0.15) is 5.82 Å². The molecule has 1 N–H and O–H groups in total. The fourth-order valence-electron chi connectivity index (χ4n) is 2.42. The number of benzene rings is 1. The maximum atomic E-state index is 13.3. The topological polar surface area (TPSA) is 43.8 Å². The van der Waals surface area contributed by atoms with Gasteiger partial charge in [-0.2, -0.15) is 0 Å². The molecule has 2 rings (SSSR count). The molecule has 19 heavy (non-hydrogen) atoms. The monoisotopic (exact) mass is 266 g/mol. The minimum atomic E-state index is -0.229. The van der Waals surface area contributed by atoms with Crippen LogP contribution in [0.1, 0.15) is 23.6 Å². The summed E-state index contributed by atoms with van der Waals surface area (Å²) in [6, 6.07) is 4.87. The van der Waals surface area contributed by atoms with E-state index in [9.17, 15) is 9.18 Å². The number of carbonyl (C=O) groups is 1. The van der Waals surface area contributed by atoms with Gasteiger partial charge in [0.25, 0.3) is 0 Å². The first kappa shape index (κ1) is 13.8. The van der Waals surface area contributed by atoms with Gasteiger partial charge in [0.05, 0.1) is 6.04 Å². The summed E-state index contributed by atoms with van der Waals surface area (Å²) in [7, 11) is 1.75. The Kier molecular flexibility index (Phi) is 4.04. The van der Waals surface area contributed by atoms with Gasteiger partial charge < -0.3 is 14.9 Å². The molecule has 1 aliphatic rings. The number of halogens is 1. The number of aliphatic hydroxyl groups is 1. The first-order valence-corrected chi connectivity index (χ1v) is 6.43. The third kappa shape index (κ3) is 2.71. The number of aliphatic hydroxyl groups excluding tert-OH is 1. The summed E-state index contributed by atoms with van der Waals surface area (Å²) in [4.78, 5) is 15.4. The average molecular weight is 266 g/mol. The van der Waals surface area contributed by atoms with E-state index >= 15 is 0 Å². The molecule has 1 aliphatic heterocycles.